The van der Waals surface area contributed by atoms with E-state index in [1.165, 1.54) is 10.2 Å². The maximum absolute atomic E-state index is 13.0. The maximum atomic E-state index is 13.0. The zero-order valence-corrected chi connectivity index (χ0v) is 20.4. The summed E-state index contributed by atoms with van der Waals surface area (Å²) in [6.45, 7) is 8.14. The highest BCUT2D eigenvalue weighted by atomic mass is 32.2. The Hall–Kier alpha value is -2.58. The largest absolute Gasteiger partial charge is 0.293 e. The predicted molar refractivity (Wildman–Crippen MR) is 128 cm³/mol. The lowest BCUT2D eigenvalue weighted by Gasteiger charge is -2.38. The van der Waals surface area contributed by atoms with Crippen LogP contribution in [0.15, 0.2) is 59.5 Å². The van der Waals surface area contributed by atoms with Crippen LogP contribution in [0.4, 0.5) is 0 Å². The third-order valence-electron chi connectivity index (χ3n) is 6.54. The summed E-state index contributed by atoms with van der Waals surface area (Å²) in [5, 5.41) is 12.2. The van der Waals surface area contributed by atoms with E-state index < -0.39 is 9.84 Å². The van der Waals surface area contributed by atoms with E-state index in [2.05, 4.69) is 64.6 Å². The van der Waals surface area contributed by atoms with Gasteiger partial charge in [-0.25, -0.2) is 13.1 Å². The van der Waals surface area contributed by atoms with Gasteiger partial charge < -0.3 is 0 Å². The summed E-state index contributed by atoms with van der Waals surface area (Å²) in [6.07, 6.45) is 3.33. The minimum atomic E-state index is -3.55. The van der Waals surface area contributed by atoms with Crippen LogP contribution in [0.3, 0.4) is 0 Å². The monoisotopic (exact) mass is 467 g/mol. The lowest BCUT2D eigenvalue weighted by Crippen LogP contribution is -2.40. The van der Waals surface area contributed by atoms with Crippen molar-refractivity contribution in [3.63, 3.8) is 0 Å². The van der Waals surface area contributed by atoms with E-state index in [0.717, 1.165) is 37.9 Å². The molecule has 0 spiro atoms. The minimum absolute atomic E-state index is 0.0223. The van der Waals surface area contributed by atoms with Crippen LogP contribution in [0.25, 0.3) is 0 Å². The summed E-state index contributed by atoms with van der Waals surface area (Å²) in [7, 11) is -3.55. The molecule has 1 aliphatic rings. The van der Waals surface area contributed by atoms with Crippen molar-refractivity contribution in [1.82, 2.24) is 25.1 Å². The van der Waals surface area contributed by atoms with Crippen LogP contribution >= 0.6 is 0 Å². The molecule has 1 fully saturated rings. The van der Waals surface area contributed by atoms with Gasteiger partial charge in [0.25, 0.3) is 0 Å². The van der Waals surface area contributed by atoms with E-state index in [1.54, 1.807) is 12.1 Å². The molecule has 7 nitrogen and oxygen atoms in total. The Balaban J connectivity index is 1.47. The molecule has 4 rings (SSSR count). The number of benzene rings is 2. The zero-order chi connectivity index (χ0) is 23.4. The van der Waals surface area contributed by atoms with Crippen LogP contribution in [0.2, 0.25) is 0 Å². The first kappa shape index (κ1) is 23.6. The lowest BCUT2D eigenvalue weighted by molar-refractivity contribution is 0.0957. The summed E-state index contributed by atoms with van der Waals surface area (Å²) in [5.74, 6) is 1.28. The summed E-state index contributed by atoms with van der Waals surface area (Å²) >= 11 is 0. The smallest absolute Gasteiger partial charge is 0.198 e. The number of tetrazole rings is 1. The summed E-state index contributed by atoms with van der Waals surface area (Å²) < 4.78 is 27.5. The predicted octanol–water partition coefficient (Wildman–Crippen LogP) is 4.06. The average molecular weight is 468 g/mol. The van der Waals surface area contributed by atoms with Crippen LogP contribution in [-0.4, -0.2) is 46.6 Å². The summed E-state index contributed by atoms with van der Waals surface area (Å²) in [6, 6.07) is 17.5. The van der Waals surface area contributed by atoms with Gasteiger partial charge in [0, 0.05) is 0 Å². The molecule has 0 unspecified atom stereocenters. The maximum Gasteiger partial charge on any atom is 0.198 e. The Labute approximate surface area is 196 Å². The average Bonchev–Trinajstić information content (AvgIpc) is 3.22. The van der Waals surface area contributed by atoms with Gasteiger partial charge in [-0.05, 0) is 79.2 Å². The fourth-order valence-corrected chi connectivity index (χ4v) is 5.97. The first-order valence-electron chi connectivity index (χ1n) is 11.7. The van der Waals surface area contributed by atoms with E-state index in [0.29, 0.717) is 11.7 Å². The van der Waals surface area contributed by atoms with Crippen LogP contribution in [-0.2, 0) is 22.1 Å². The van der Waals surface area contributed by atoms with E-state index in [4.69, 9.17) is 0 Å². The van der Waals surface area contributed by atoms with Gasteiger partial charge in [-0.1, -0.05) is 61.9 Å². The molecule has 1 aromatic heterocycles. The molecule has 0 bridgehead atoms. The van der Waals surface area contributed by atoms with Gasteiger partial charge in [-0.3, -0.25) is 4.90 Å². The van der Waals surface area contributed by atoms with Gasteiger partial charge >= 0.3 is 0 Å². The van der Waals surface area contributed by atoms with Crippen molar-refractivity contribution in [2.45, 2.75) is 56.8 Å². The van der Waals surface area contributed by atoms with Crippen molar-refractivity contribution in [3.05, 3.63) is 71.5 Å². The van der Waals surface area contributed by atoms with E-state index in [1.807, 2.05) is 19.1 Å². The molecule has 0 saturated carbocycles. The van der Waals surface area contributed by atoms with Gasteiger partial charge in [0.2, 0.25) is 0 Å². The SMILES string of the molecule is Cc1ccc(S(=O)(=O)Cn2nnnc2[C@@H](C(C)C)N2CCC(Cc3ccccc3)CC2)cc1. The molecule has 3 aromatic rings. The Morgan fingerprint density at radius 2 is 1.67 bits per heavy atom. The van der Waals surface area contributed by atoms with Gasteiger partial charge in [0.05, 0.1) is 10.9 Å². The lowest BCUT2D eigenvalue weighted by atomic mass is 9.88. The molecule has 0 N–H and O–H groups in total. The highest BCUT2D eigenvalue weighted by Gasteiger charge is 2.33. The summed E-state index contributed by atoms with van der Waals surface area (Å²) in [5.41, 5.74) is 2.41. The standard InChI is InChI=1S/C25H33N5O2S/c1-19(2)24(29-15-13-22(14-16-29)17-21-7-5-4-6-8-21)25-26-27-28-30(25)18-33(31,32)23-11-9-20(3)10-12-23/h4-12,19,22,24H,13-18H2,1-3H3/t24-/m1/s1. The first-order valence-corrected chi connectivity index (χ1v) is 13.3. The van der Waals surface area contributed by atoms with E-state index in [9.17, 15) is 8.42 Å². The molecule has 1 atom stereocenters. The van der Waals surface area contributed by atoms with Crippen molar-refractivity contribution in [1.29, 1.82) is 0 Å². The Bertz CT molecular complexity index is 1140. The molecular weight excluding hydrogens is 434 g/mol. The molecule has 33 heavy (non-hydrogen) atoms. The Kier molecular flexibility index (Phi) is 7.24. The molecule has 8 heteroatoms. The highest BCUT2D eigenvalue weighted by molar-refractivity contribution is 7.90. The van der Waals surface area contributed by atoms with Crippen LogP contribution in [0.1, 0.15) is 49.7 Å². The second-order valence-corrected chi connectivity index (χ2v) is 11.4. The molecule has 2 aromatic carbocycles. The second kappa shape index (κ2) is 10.1. The Morgan fingerprint density at radius 3 is 2.30 bits per heavy atom. The molecule has 176 valence electrons. The van der Waals surface area contributed by atoms with Gasteiger partial charge in [0.15, 0.2) is 21.5 Å². The fourth-order valence-electron chi connectivity index (χ4n) is 4.76. The van der Waals surface area contributed by atoms with Crippen molar-refractivity contribution < 1.29 is 8.42 Å². The number of piperidine rings is 1. The number of hydrogen-bond acceptors (Lipinski definition) is 6. The van der Waals surface area contributed by atoms with Crippen molar-refractivity contribution in [3.8, 4) is 0 Å². The number of rotatable bonds is 8. The Morgan fingerprint density at radius 1 is 1.00 bits per heavy atom. The van der Waals surface area contributed by atoms with Gasteiger partial charge in [0.1, 0.15) is 0 Å². The van der Waals surface area contributed by atoms with Crippen molar-refractivity contribution in [2.24, 2.45) is 11.8 Å². The highest BCUT2D eigenvalue weighted by Crippen LogP contribution is 2.32. The van der Waals surface area contributed by atoms with Crippen molar-refractivity contribution >= 4 is 9.84 Å². The first-order chi connectivity index (χ1) is 15.8. The minimum Gasteiger partial charge on any atom is -0.293 e. The number of aryl methyl sites for hydroxylation is 1. The second-order valence-electron chi connectivity index (χ2n) is 9.45. The van der Waals surface area contributed by atoms with Crippen LogP contribution < -0.4 is 0 Å². The fraction of sp³-hybridized carbons (Fsp3) is 0.480. The molecule has 2 heterocycles. The number of nitrogens with zero attached hydrogens (tertiary/aromatic N) is 5. The van der Waals surface area contributed by atoms with Crippen molar-refractivity contribution in [2.75, 3.05) is 13.1 Å². The molecule has 0 amide bonds. The van der Waals surface area contributed by atoms with Gasteiger partial charge in [-0.2, -0.15) is 0 Å². The zero-order valence-electron chi connectivity index (χ0n) is 19.6. The number of hydrogen-bond donors (Lipinski definition) is 0. The molecule has 0 radical (unpaired) electrons. The molecule has 1 saturated heterocycles. The third kappa shape index (κ3) is 5.68. The quantitative estimate of drug-likeness (QED) is 0.497. The van der Waals surface area contributed by atoms with E-state index in [-0.39, 0.29) is 22.7 Å². The topological polar surface area (TPSA) is 81.0 Å². The molecule has 1 aliphatic heterocycles. The van der Waals surface area contributed by atoms with E-state index >= 15 is 0 Å². The third-order valence-corrected chi connectivity index (χ3v) is 8.11. The van der Waals surface area contributed by atoms with Crippen LogP contribution in [0.5, 0.6) is 0 Å². The molecular formula is C25H33N5O2S. The van der Waals surface area contributed by atoms with Gasteiger partial charge in [-0.15, -0.1) is 5.10 Å². The number of sulfone groups is 1. The van der Waals surface area contributed by atoms with Crippen LogP contribution in [0, 0.1) is 18.8 Å². The number of aromatic nitrogens is 4. The normalized spacial score (nSPS) is 16.8. The summed E-state index contributed by atoms with van der Waals surface area (Å²) in [4.78, 5) is 2.71. The molecule has 0 aliphatic carbocycles. The number of likely N-dealkylation sites (tertiary alicyclic amines) is 1.